The monoisotopic (exact) mass is 576 g/mol. The predicted octanol–water partition coefficient (Wildman–Crippen LogP) is 11.1. The molecule has 0 radical (unpaired) electrons. The lowest BCUT2D eigenvalue weighted by Gasteiger charge is -2.50. The van der Waals surface area contributed by atoms with Crippen LogP contribution in [-0.2, 0) is 13.3 Å². The van der Waals surface area contributed by atoms with Crippen molar-refractivity contribution in [3.63, 3.8) is 0 Å². The van der Waals surface area contributed by atoms with Crippen LogP contribution in [0.1, 0.15) is 170 Å². The molecule has 4 rings (SSSR count). The highest BCUT2D eigenvalue weighted by atomic mass is 28.4. The summed E-state index contributed by atoms with van der Waals surface area (Å²) in [6, 6.07) is 0. The molecule has 9 unspecified atom stereocenters. The molecule has 234 valence electrons. The van der Waals surface area contributed by atoms with Gasteiger partial charge in [-0.15, -0.1) is 0 Å². The van der Waals surface area contributed by atoms with Crippen molar-refractivity contribution in [3.8, 4) is 0 Å². The van der Waals surface area contributed by atoms with Crippen molar-refractivity contribution < 1.29 is 13.3 Å². The third-order valence-electron chi connectivity index (χ3n) is 11.6. The SMILES string of the molecule is CCCC1CCC(C)CC1O[Si](OC1CC(C)CCC1CCC)(OC1CC(C)CCC1CCC)C1CCCCC1. The van der Waals surface area contributed by atoms with Gasteiger partial charge in [-0.25, -0.2) is 0 Å². The summed E-state index contributed by atoms with van der Waals surface area (Å²) >= 11 is 0. The molecule has 0 aliphatic heterocycles. The van der Waals surface area contributed by atoms with E-state index in [2.05, 4.69) is 41.5 Å². The van der Waals surface area contributed by atoms with Crippen LogP contribution in [0.15, 0.2) is 0 Å². The Hall–Kier alpha value is 0.0969. The average Bonchev–Trinajstić information content (AvgIpc) is 2.94. The van der Waals surface area contributed by atoms with Crippen LogP contribution in [0.5, 0.6) is 0 Å². The summed E-state index contributed by atoms with van der Waals surface area (Å²) in [7, 11) is -2.96. The van der Waals surface area contributed by atoms with Crippen molar-refractivity contribution in [2.75, 3.05) is 0 Å². The van der Waals surface area contributed by atoms with Gasteiger partial charge < -0.3 is 13.3 Å². The summed E-state index contributed by atoms with van der Waals surface area (Å²) in [6.45, 7) is 14.5. The third kappa shape index (κ3) is 8.82. The van der Waals surface area contributed by atoms with Crippen LogP contribution in [0.2, 0.25) is 5.54 Å². The van der Waals surface area contributed by atoms with Crippen LogP contribution in [-0.4, -0.2) is 27.1 Å². The van der Waals surface area contributed by atoms with Gasteiger partial charge >= 0.3 is 8.80 Å². The zero-order chi connectivity index (χ0) is 28.5. The molecule has 0 spiro atoms. The zero-order valence-electron chi connectivity index (χ0n) is 27.6. The Kier molecular flexibility index (Phi) is 13.4. The Labute approximate surface area is 251 Å². The van der Waals surface area contributed by atoms with Gasteiger partial charge in [0.1, 0.15) is 0 Å². The van der Waals surface area contributed by atoms with Crippen molar-refractivity contribution in [2.24, 2.45) is 35.5 Å². The standard InChI is InChI=1S/C36H68O3Si/c1-7-13-30-21-18-27(4)24-34(30)37-40(33-16-11-10-12-17-33,38-35-25-28(5)19-22-31(35)14-8-2)39-36-26-29(6)20-23-32(36)15-9-3/h27-36H,7-26H2,1-6H3. The van der Waals surface area contributed by atoms with Crippen LogP contribution in [0.3, 0.4) is 0 Å². The molecule has 0 saturated heterocycles. The summed E-state index contributed by atoms with van der Waals surface area (Å²) in [6.07, 6.45) is 26.9. The van der Waals surface area contributed by atoms with Crippen LogP contribution in [0.4, 0.5) is 0 Å². The fourth-order valence-corrected chi connectivity index (χ4v) is 13.2. The molecular formula is C36H68O3Si. The second kappa shape index (κ2) is 16.2. The lowest BCUT2D eigenvalue weighted by atomic mass is 9.79. The predicted molar refractivity (Wildman–Crippen MR) is 171 cm³/mol. The van der Waals surface area contributed by atoms with E-state index in [1.807, 2.05) is 0 Å². The van der Waals surface area contributed by atoms with Crippen LogP contribution >= 0.6 is 0 Å². The van der Waals surface area contributed by atoms with Gasteiger partial charge in [0.15, 0.2) is 0 Å². The van der Waals surface area contributed by atoms with E-state index in [1.54, 1.807) is 0 Å². The molecule has 0 aromatic carbocycles. The minimum Gasteiger partial charge on any atom is -0.370 e. The van der Waals surface area contributed by atoms with E-state index in [9.17, 15) is 0 Å². The van der Waals surface area contributed by atoms with E-state index in [0.717, 1.165) is 17.8 Å². The van der Waals surface area contributed by atoms with Crippen LogP contribution < -0.4 is 0 Å². The van der Waals surface area contributed by atoms with Gasteiger partial charge in [-0.1, -0.05) is 99.3 Å². The second-order valence-electron chi connectivity index (χ2n) is 15.3. The van der Waals surface area contributed by atoms with Gasteiger partial charge in [0.05, 0.1) is 18.3 Å². The first-order chi connectivity index (χ1) is 19.4. The number of hydrogen-bond donors (Lipinski definition) is 0. The Morgan fingerprint density at radius 2 is 0.825 bits per heavy atom. The molecule has 0 heterocycles. The van der Waals surface area contributed by atoms with Crippen molar-refractivity contribution in [3.05, 3.63) is 0 Å². The highest BCUT2D eigenvalue weighted by molar-refractivity contribution is 6.62. The Morgan fingerprint density at radius 1 is 0.475 bits per heavy atom. The van der Waals surface area contributed by atoms with Crippen molar-refractivity contribution >= 4 is 8.80 Å². The second-order valence-corrected chi connectivity index (χ2v) is 18.0. The van der Waals surface area contributed by atoms with Crippen molar-refractivity contribution in [1.29, 1.82) is 0 Å². The molecule has 40 heavy (non-hydrogen) atoms. The summed E-state index contributed by atoms with van der Waals surface area (Å²) < 4.78 is 23.3. The molecule has 0 N–H and O–H groups in total. The Morgan fingerprint density at radius 3 is 1.15 bits per heavy atom. The molecule has 0 bridgehead atoms. The summed E-state index contributed by atoms with van der Waals surface area (Å²) in [5.74, 6) is 4.29. The quantitative estimate of drug-likeness (QED) is 0.204. The molecule has 9 atom stereocenters. The molecule has 0 aromatic rings. The number of hydrogen-bond acceptors (Lipinski definition) is 3. The van der Waals surface area contributed by atoms with Crippen LogP contribution in [0.25, 0.3) is 0 Å². The van der Waals surface area contributed by atoms with Crippen molar-refractivity contribution in [2.45, 2.75) is 194 Å². The molecule has 4 heteroatoms. The van der Waals surface area contributed by atoms with Gasteiger partial charge in [-0.05, 0) is 106 Å². The van der Waals surface area contributed by atoms with E-state index >= 15 is 0 Å². The van der Waals surface area contributed by atoms with E-state index in [0.29, 0.717) is 41.6 Å². The fourth-order valence-electron chi connectivity index (χ4n) is 9.17. The minimum atomic E-state index is -2.96. The summed E-state index contributed by atoms with van der Waals surface area (Å²) in [5, 5.41) is 0. The largest absolute Gasteiger partial charge is 0.504 e. The maximum Gasteiger partial charge on any atom is 0.504 e. The lowest BCUT2D eigenvalue weighted by molar-refractivity contribution is -0.0929. The first-order valence-electron chi connectivity index (χ1n) is 18.4. The third-order valence-corrected chi connectivity index (χ3v) is 15.1. The molecule has 3 nitrogen and oxygen atoms in total. The highest BCUT2D eigenvalue weighted by Crippen LogP contribution is 2.48. The number of rotatable bonds is 13. The van der Waals surface area contributed by atoms with Gasteiger partial charge in [-0.2, -0.15) is 0 Å². The van der Waals surface area contributed by atoms with E-state index in [4.69, 9.17) is 13.3 Å². The van der Waals surface area contributed by atoms with Crippen LogP contribution in [0, 0.1) is 35.5 Å². The summed E-state index contributed by atoms with van der Waals surface area (Å²) in [4.78, 5) is 0. The maximum absolute atomic E-state index is 7.78. The van der Waals surface area contributed by atoms with E-state index in [-0.39, 0.29) is 0 Å². The van der Waals surface area contributed by atoms with Gasteiger partial charge in [0.25, 0.3) is 0 Å². The maximum atomic E-state index is 7.78. The molecule has 4 aliphatic rings. The van der Waals surface area contributed by atoms with Gasteiger partial charge in [-0.3, -0.25) is 0 Å². The molecule has 0 aromatic heterocycles. The van der Waals surface area contributed by atoms with Gasteiger partial charge in [0.2, 0.25) is 0 Å². The normalized spacial score (nSPS) is 39.6. The summed E-state index contributed by atoms with van der Waals surface area (Å²) in [5.41, 5.74) is 0.500. The van der Waals surface area contributed by atoms with E-state index < -0.39 is 8.80 Å². The van der Waals surface area contributed by atoms with Crippen molar-refractivity contribution in [1.82, 2.24) is 0 Å². The minimum absolute atomic E-state index is 0.327. The molecular weight excluding hydrogens is 508 g/mol. The Bertz CT molecular complexity index is 629. The highest BCUT2D eigenvalue weighted by Gasteiger charge is 2.56. The topological polar surface area (TPSA) is 27.7 Å². The molecule has 4 saturated carbocycles. The lowest BCUT2D eigenvalue weighted by Crippen LogP contribution is -2.60. The van der Waals surface area contributed by atoms with E-state index in [1.165, 1.54) is 128 Å². The first-order valence-corrected chi connectivity index (χ1v) is 20.2. The molecule has 4 fully saturated rings. The molecule has 4 aliphatic carbocycles. The Balaban J connectivity index is 1.72. The fraction of sp³-hybridized carbons (Fsp3) is 1.00. The first kappa shape index (κ1) is 33.0. The average molecular weight is 577 g/mol. The smallest absolute Gasteiger partial charge is 0.370 e. The molecule has 0 amide bonds. The van der Waals surface area contributed by atoms with Gasteiger partial charge in [0, 0.05) is 5.54 Å². The zero-order valence-corrected chi connectivity index (χ0v) is 28.6.